The number of halogens is 1. The number of rotatable bonds is 4. The summed E-state index contributed by atoms with van der Waals surface area (Å²) in [5.41, 5.74) is 3.16. The monoisotopic (exact) mass is 361 g/mol. The smallest absolute Gasteiger partial charge is 0.434 e. The molecule has 0 spiro atoms. The molecule has 1 atom stereocenters. The molecular formula is C17H16FN3O3S. The SMILES string of the molecule is CCOC(=O)OC1=C(C)NC(c2cscn2)=NC1c1ccccc1F. The number of benzene rings is 1. The minimum absolute atomic E-state index is 0.177. The van der Waals surface area contributed by atoms with Gasteiger partial charge in [0.1, 0.15) is 17.6 Å². The summed E-state index contributed by atoms with van der Waals surface area (Å²) in [4.78, 5) is 20.5. The predicted octanol–water partition coefficient (Wildman–Crippen LogP) is 3.78. The van der Waals surface area contributed by atoms with Crippen LogP contribution in [-0.4, -0.2) is 23.6 Å². The maximum Gasteiger partial charge on any atom is 0.513 e. The third kappa shape index (κ3) is 3.69. The van der Waals surface area contributed by atoms with Crippen molar-refractivity contribution in [2.75, 3.05) is 6.61 Å². The molecule has 1 N–H and O–H groups in total. The van der Waals surface area contributed by atoms with Crippen LogP contribution >= 0.6 is 11.3 Å². The van der Waals surface area contributed by atoms with Crippen LogP contribution in [0.25, 0.3) is 0 Å². The third-order valence-corrected chi connectivity index (χ3v) is 4.10. The molecule has 1 aliphatic heterocycles. The normalized spacial score (nSPS) is 16.9. The Morgan fingerprint density at radius 3 is 2.88 bits per heavy atom. The maximum absolute atomic E-state index is 14.3. The van der Waals surface area contributed by atoms with Crippen LogP contribution in [0.4, 0.5) is 9.18 Å². The second kappa shape index (κ2) is 7.43. The molecule has 0 fully saturated rings. The highest BCUT2D eigenvalue weighted by molar-refractivity contribution is 7.07. The second-order valence-electron chi connectivity index (χ2n) is 5.17. The van der Waals surface area contributed by atoms with Gasteiger partial charge in [0.2, 0.25) is 0 Å². The zero-order valence-corrected chi connectivity index (χ0v) is 14.5. The van der Waals surface area contributed by atoms with Gasteiger partial charge in [-0.3, -0.25) is 0 Å². The lowest BCUT2D eigenvalue weighted by Gasteiger charge is -2.25. The van der Waals surface area contributed by atoms with Gasteiger partial charge in [0.15, 0.2) is 11.6 Å². The minimum atomic E-state index is -0.854. The van der Waals surface area contributed by atoms with Crippen molar-refractivity contribution in [2.45, 2.75) is 19.9 Å². The molecule has 0 saturated carbocycles. The Balaban J connectivity index is 2.02. The Kier molecular flexibility index (Phi) is 5.08. The highest BCUT2D eigenvalue weighted by Crippen LogP contribution is 2.33. The number of nitrogens with zero attached hydrogens (tertiary/aromatic N) is 2. The molecule has 6 nitrogen and oxygen atoms in total. The van der Waals surface area contributed by atoms with Gasteiger partial charge in [-0.15, -0.1) is 11.3 Å². The molecule has 8 heteroatoms. The van der Waals surface area contributed by atoms with Crippen molar-refractivity contribution >= 4 is 23.3 Å². The topological polar surface area (TPSA) is 72.8 Å². The highest BCUT2D eigenvalue weighted by atomic mass is 32.1. The minimum Gasteiger partial charge on any atom is -0.434 e. The lowest BCUT2D eigenvalue weighted by molar-refractivity contribution is 0.0761. The van der Waals surface area contributed by atoms with Gasteiger partial charge in [-0.1, -0.05) is 18.2 Å². The van der Waals surface area contributed by atoms with E-state index in [1.165, 1.54) is 17.4 Å². The van der Waals surface area contributed by atoms with Gasteiger partial charge in [-0.2, -0.15) is 0 Å². The number of nitrogens with one attached hydrogen (secondary N) is 1. The maximum atomic E-state index is 14.3. The zero-order chi connectivity index (χ0) is 17.8. The number of hydrogen-bond donors (Lipinski definition) is 1. The summed E-state index contributed by atoms with van der Waals surface area (Å²) in [7, 11) is 0. The summed E-state index contributed by atoms with van der Waals surface area (Å²) in [5, 5.41) is 4.88. The Morgan fingerprint density at radius 1 is 1.40 bits per heavy atom. The molecule has 2 aromatic rings. The Labute approximate surface area is 148 Å². The van der Waals surface area contributed by atoms with Crippen LogP contribution in [0.1, 0.15) is 31.1 Å². The van der Waals surface area contributed by atoms with Gasteiger partial charge < -0.3 is 14.8 Å². The zero-order valence-electron chi connectivity index (χ0n) is 13.7. The standard InChI is InChI=1S/C17H16FN3O3S/c1-3-23-17(22)24-15-10(2)20-16(13-8-25-9-19-13)21-14(15)11-6-4-5-7-12(11)18/h4-9,14H,3H2,1-2H3,(H,20,21). The Bertz CT molecular complexity index is 833. The number of thiazole rings is 1. The van der Waals surface area contributed by atoms with E-state index >= 15 is 0 Å². The number of hydrogen-bond acceptors (Lipinski definition) is 7. The first kappa shape index (κ1) is 17.1. The van der Waals surface area contributed by atoms with Crippen molar-refractivity contribution in [1.29, 1.82) is 0 Å². The van der Waals surface area contributed by atoms with Gasteiger partial charge in [0, 0.05) is 10.9 Å². The highest BCUT2D eigenvalue weighted by Gasteiger charge is 2.30. The van der Waals surface area contributed by atoms with Crippen molar-refractivity contribution in [3.05, 3.63) is 63.7 Å². The van der Waals surface area contributed by atoms with E-state index in [0.717, 1.165) is 0 Å². The van der Waals surface area contributed by atoms with Gasteiger partial charge in [0.25, 0.3) is 0 Å². The Morgan fingerprint density at radius 2 is 2.20 bits per heavy atom. The molecule has 0 aliphatic carbocycles. The van der Waals surface area contributed by atoms with Gasteiger partial charge in [-0.25, -0.2) is 19.2 Å². The molecule has 1 aromatic heterocycles. The number of ether oxygens (including phenoxy) is 2. The molecule has 25 heavy (non-hydrogen) atoms. The van der Waals surface area contributed by atoms with E-state index in [1.54, 1.807) is 37.6 Å². The third-order valence-electron chi connectivity index (χ3n) is 3.51. The Hall–Kier alpha value is -2.74. The molecule has 3 rings (SSSR count). The first-order valence-corrected chi connectivity index (χ1v) is 8.57. The average Bonchev–Trinajstić information content (AvgIpc) is 3.12. The molecule has 1 aromatic carbocycles. The lowest BCUT2D eigenvalue weighted by atomic mass is 10.0. The summed E-state index contributed by atoms with van der Waals surface area (Å²) in [6.07, 6.45) is -0.854. The fourth-order valence-electron chi connectivity index (χ4n) is 2.40. The number of aromatic nitrogens is 1. The van der Waals surface area contributed by atoms with Crippen molar-refractivity contribution in [3.8, 4) is 0 Å². The summed E-state index contributed by atoms with van der Waals surface area (Å²) in [5.74, 6) is 0.249. The number of carbonyl (C=O) groups is 1. The van der Waals surface area contributed by atoms with E-state index in [1.807, 2.05) is 5.38 Å². The number of allylic oxidation sites excluding steroid dienone is 1. The van der Waals surface area contributed by atoms with E-state index in [4.69, 9.17) is 9.47 Å². The number of aliphatic imine (C=N–C) groups is 1. The van der Waals surface area contributed by atoms with Crippen molar-refractivity contribution < 1.29 is 18.7 Å². The summed E-state index contributed by atoms with van der Waals surface area (Å²) in [6.45, 7) is 3.58. The van der Waals surface area contributed by atoms with E-state index in [-0.39, 0.29) is 12.4 Å². The molecule has 0 bridgehead atoms. The van der Waals surface area contributed by atoms with Crippen LogP contribution in [0.5, 0.6) is 0 Å². The average molecular weight is 361 g/mol. The largest absolute Gasteiger partial charge is 0.513 e. The molecule has 0 radical (unpaired) electrons. The van der Waals surface area contributed by atoms with Crippen LogP contribution in [-0.2, 0) is 9.47 Å². The van der Waals surface area contributed by atoms with Crippen LogP contribution < -0.4 is 5.32 Å². The predicted molar refractivity (Wildman–Crippen MR) is 91.7 cm³/mol. The summed E-state index contributed by atoms with van der Waals surface area (Å²) < 4.78 is 24.5. The van der Waals surface area contributed by atoms with Crippen molar-refractivity contribution in [2.24, 2.45) is 4.99 Å². The van der Waals surface area contributed by atoms with E-state index in [0.29, 0.717) is 22.8 Å². The second-order valence-corrected chi connectivity index (χ2v) is 5.89. The first-order valence-electron chi connectivity index (χ1n) is 7.63. The summed E-state index contributed by atoms with van der Waals surface area (Å²) in [6, 6.07) is 5.43. The molecule has 0 saturated heterocycles. The number of amidine groups is 1. The van der Waals surface area contributed by atoms with Crippen LogP contribution in [0.2, 0.25) is 0 Å². The molecule has 1 unspecified atom stereocenters. The van der Waals surface area contributed by atoms with E-state index in [2.05, 4.69) is 15.3 Å². The van der Waals surface area contributed by atoms with E-state index in [9.17, 15) is 9.18 Å². The number of carbonyl (C=O) groups excluding carboxylic acids is 1. The summed E-state index contributed by atoms with van der Waals surface area (Å²) >= 11 is 1.43. The van der Waals surface area contributed by atoms with Gasteiger partial charge in [-0.05, 0) is 19.9 Å². The molecular weight excluding hydrogens is 345 g/mol. The van der Waals surface area contributed by atoms with Crippen LogP contribution in [0, 0.1) is 5.82 Å². The lowest BCUT2D eigenvalue weighted by Crippen LogP contribution is -2.31. The molecule has 2 heterocycles. The fourth-order valence-corrected chi connectivity index (χ4v) is 2.94. The van der Waals surface area contributed by atoms with Gasteiger partial charge in [0.05, 0.1) is 17.8 Å². The van der Waals surface area contributed by atoms with Crippen LogP contribution in [0.15, 0.2) is 51.6 Å². The van der Waals surface area contributed by atoms with Crippen LogP contribution in [0.3, 0.4) is 0 Å². The molecule has 0 amide bonds. The van der Waals surface area contributed by atoms with Crippen molar-refractivity contribution in [1.82, 2.24) is 10.3 Å². The van der Waals surface area contributed by atoms with E-state index < -0.39 is 18.0 Å². The quantitative estimate of drug-likeness (QED) is 0.839. The first-order chi connectivity index (χ1) is 12.1. The fraction of sp³-hybridized carbons (Fsp3) is 0.235. The van der Waals surface area contributed by atoms with Crippen molar-refractivity contribution in [3.63, 3.8) is 0 Å². The van der Waals surface area contributed by atoms with Gasteiger partial charge >= 0.3 is 6.16 Å². The molecule has 1 aliphatic rings. The molecule has 130 valence electrons.